The van der Waals surface area contributed by atoms with Crippen molar-refractivity contribution >= 4 is 34.1 Å². The van der Waals surface area contributed by atoms with Crippen LogP contribution in [0.5, 0.6) is 0 Å². The number of benzene rings is 2. The van der Waals surface area contributed by atoms with Crippen molar-refractivity contribution in [3.63, 3.8) is 0 Å². The van der Waals surface area contributed by atoms with Crippen LogP contribution in [-0.4, -0.2) is 45.5 Å². The van der Waals surface area contributed by atoms with Gasteiger partial charge in [0.25, 0.3) is 0 Å². The minimum Gasteiger partial charge on any atom is -0.481 e. The van der Waals surface area contributed by atoms with Crippen molar-refractivity contribution in [2.24, 2.45) is 11.3 Å². The first kappa shape index (κ1) is 35.8. The molecule has 0 radical (unpaired) electrons. The van der Waals surface area contributed by atoms with E-state index in [9.17, 15) is 19.8 Å². The van der Waals surface area contributed by atoms with Crippen molar-refractivity contribution in [2.45, 2.75) is 79.6 Å². The third-order valence-electron chi connectivity index (χ3n) is 11.3. The molecule has 264 valence electrons. The third kappa shape index (κ3) is 6.53. The molecule has 6 heteroatoms. The number of carboxylic acid groups (broad SMARTS) is 2. The zero-order valence-corrected chi connectivity index (χ0v) is 31.1. The lowest BCUT2D eigenvalue weighted by Gasteiger charge is -2.27. The van der Waals surface area contributed by atoms with E-state index < -0.39 is 11.9 Å². The summed E-state index contributed by atoms with van der Waals surface area (Å²) in [5, 5.41) is 21.7. The highest BCUT2D eigenvalue weighted by molar-refractivity contribution is 6.01. The average Bonchev–Trinajstić information content (AvgIpc) is 3.63. The first-order valence-electron chi connectivity index (χ1n) is 18.2. The molecule has 0 saturated heterocycles. The fourth-order valence-corrected chi connectivity index (χ4v) is 8.67. The van der Waals surface area contributed by atoms with E-state index in [0.717, 1.165) is 35.6 Å². The molecule has 2 aliphatic heterocycles. The van der Waals surface area contributed by atoms with Crippen LogP contribution in [0.2, 0.25) is 0 Å². The van der Waals surface area contributed by atoms with Crippen molar-refractivity contribution < 1.29 is 24.4 Å². The summed E-state index contributed by atoms with van der Waals surface area (Å²) in [7, 11) is 0. The summed E-state index contributed by atoms with van der Waals surface area (Å²) in [5.41, 5.74) is 11.3. The fourth-order valence-electron chi connectivity index (χ4n) is 8.67. The first-order chi connectivity index (χ1) is 24.3. The lowest BCUT2D eigenvalue weighted by atomic mass is 9.75. The number of hydrogen-bond donors (Lipinski definition) is 2. The summed E-state index contributed by atoms with van der Waals surface area (Å²) in [4.78, 5) is 25.7. The molecule has 1 atom stereocenters. The number of rotatable bonds is 9. The minimum absolute atomic E-state index is 0.0570. The van der Waals surface area contributed by atoms with Crippen LogP contribution in [0.4, 0.5) is 5.69 Å². The Morgan fingerprint density at radius 2 is 1.69 bits per heavy atom. The molecule has 6 nitrogen and oxygen atoms in total. The molecule has 2 N–H and O–H groups in total. The molecule has 6 rings (SSSR count). The molecule has 0 aromatic heterocycles. The molecular weight excluding hydrogens is 633 g/mol. The van der Waals surface area contributed by atoms with Crippen molar-refractivity contribution in [1.82, 2.24) is 0 Å². The number of allylic oxidation sites excluding steroid dienone is 15. The van der Waals surface area contributed by atoms with E-state index in [-0.39, 0.29) is 29.6 Å². The summed E-state index contributed by atoms with van der Waals surface area (Å²) >= 11 is 0. The van der Waals surface area contributed by atoms with Gasteiger partial charge in [-0.05, 0) is 103 Å². The van der Waals surface area contributed by atoms with E-state index in [2.05, 4.69) is 142 Å². The van der Waals surface area contributed by atoms with Crippen LogP contribution in [0.15, 0.2) is 130 Å². The maximum atomic E-state index is 11.8. The number of fused-ring (bicyclic) bond motifs is 3. The second-order valence-corrected chi connectivity index (χ2v) is 15.2. The van der Waals surface area contributed by atoms with Gasteiger partial charge in [0.1, 0.15) is 6.42 Å². The van der Waals surface area contributed by atoms with Crippen LogP contribution in [0.25, 0.3) is 10.8 Å². The van der Waals surface area contributed by atoms with Gasteiger partial charge in [-0.2, -0.15) is 4.58 Å². The molecule has 0 saturated carbocycles. The second-order valence-electron chi connectivity index (χ2n) is 15.2. The average molecular weight is 684 g/mol. The monoisotopic (exact) mass is 683 g/mol. The zero-order valence-electron chi connectivity index (χ0n) is 31.1. The molecule has 0 fully saturated rings. The largest absolute Gasteiger partial charge is 0.481 e. The molecular formula is C45H51N2O4+. The van der Waals surface area contributed by atoms with Crippen molar-refractivity contribution in [3.05, 3.63) is 136 Å². The standard InChI is InChI=1S/C45H50N2O4/c1-8-36-42(34-15-11-9-13-29(34)2)44(4,5)38(46(36)27-25-40(48)49)23-20-31-17-18-32(30(31)3)21-24-39-45(6,7)43-35-16-12-10-14-33(35)19-22-37(43)47(39)28-26-41(50)51/h8-16,19-24,29H,17-18,25-28H2,1-7H3,(H-,48,49,50,51)/p+1/b36-8?,42-34+/t29-/m0/s1. The smallest absolute Gasteiger partial charge is 0.309 e. The van der Waals surface area contributed by atoms with Crippen molar-refractivity contribution in [1.29, 1.82) is 0 Å². The maximum absolute atomic E-state index is 11.8. The highest BCUT2D eigenvalue weighted by Gasteiger charge is 2.49. The van der Waals surface area contributed by atoms with Gasteiger partial charge in [0.05, 0.1) is 11.8 Å². The topological polar surface area (TPSA) is 80.9 Å². The second kappa shape index (κ2) is 14.0. The summed E-state index contributed by atoms with van der Waals surface area (Å²) < 4.78 is 2.22. The van der Waals surface area contributed by atoms with E-state index in [4.69, 9.17) is 0 Å². The summed E-state index contributed by atoms with van der Waals surface area (Å²) in [6, 6.07) is 12.7. The first-order valence-corrected chi connectivity index (χ1v) is 18.2. The van der Waals surface area contributed by atoms with Gasteiger partial charge in [-0.25, -0.2) is 0 Å². The highest BCUT2D eigenvalue weighted by Crippen LogP contribution is 2.51. The maximum Gasteiger partial charge on any atom is 0.309 e. The Kier molecular flexibility index (Phi) is 9.82. The van der Waals surface area contributed by atoms with Crippen LogP contribution >= 0.6 is 0 Å². The van der Waals surface area contributed by atoms with Gasteiger partial charge >= 0.3 is 11.9 Å². The predicted octanol–water partition coefficient (Wildman–Crippen LogP) is 9.82. The molecule has 0 amide bonds. The lowest BCUT2D eigenvalue weighted by molar-refractivity contribution is -0.467. The fraction of sp³-hybridized carbons (Fsp3) is 0.356. The van der Waals surface area contributed by atoms with E-state index in [1.165, 1.54) is 44.2 Å². The highest BCUT2D eigenvalue weighted by atomic mass is 16.4. The van der Waals surface area contributed by atoms with E-state index in [0.29, 0.717) is 13.1 Å². The molecule has 2 aromatic rings. The molecule has 0 unspecified atom stereocenters. The molecule has 0 spiro atoms. The van der Waals surface area contributed by atoms with Crippen LogP contribution in [-0.2, 0) is 15.0 Å². The van der Waals surface area contributed by atoms with Gasteiger partial charge in [-0.3, -0.25) is 9.59 Å². The molecule has 2 heterocycles. The van der Waals surface area contributed by atoms with Crippen LogP contribution < -0.4 is 4.90 Å². The minimum atomic E-state index is -0.804. The number of anilines is 1. The Morgan fingerprint density at radius 3 is 2.39 bits per heavy atom. The normalized spacial score (nSPS) is 24.8. The lowest BCUT2D eigenvalue weighted by Crippen LogP contribution is -2.28. The van der Waals surface area contributed by atoms with Gasteiger partial charge in [-0.1, -0.05) is 87.6 Å². The van der Waals surface area contributed by atoms with E-state index in [1.807, 2.05) is 6.92 Å². The number of nitrogens with zero attached hydrogens (tertiary/aromatic N) is 2. The van der Waals surface area contributed by atoms with Gasteiger partial charge in [0.15, 0.2) is 12.3 Å². The van der Waals surface area contributed by atoms with Crippen molar-refractivity contribution in [3.8, 4) is 0 Å². The molecule has 51 heavy (non-hydrogen) atoms. The van der Waals surface area contributed by atoms with Gasteiger partial charge in [0, 0.05) is 35.0 Å². The quantitative estimate of drug-likeness (QED) is 0.257. The number of hydrogen-bond acceptors (Lipinski definition) is 3. The molecule has 2 aromatic carbocycles. The van der Waals surface area contributed by atoms with E-state index in [1.54, 1.807) is 0 Å². The summed E-state index contributed by atoms with van der Waals surface area (Å²) in [5.74, 6) is -1.34. The Balaban J connectivity index is 1.37. The molecule has 0 bridgehead atoms. The Morgan fingerprint density at radius 1 is 0.941 bits per heavy atom. The van der Waals surface area contributed by atoms with Crippen LogP contribution in [0.1, 0.15) is 79.7 Å². The number of carboxylic acids is 2. The summed E-state index contributed by atoms with van der Waals surface area (Å²) in [6.45, 7) is 16.3. The third-order valence-corrected chi connectivity index (χ3v) is 11.3. The Labute approximate surface area is 302 Å². The number of aliphatic carboxylic acids is 2. The molecule has 2 aliphatic carbocycles. The van der Waals surface area contributed by atoms with E-state index >= 15 is 0 Å². The Bertz CT molecular complexity index is 2090. The SMILES string of the molecule is CC=C1/C(=C2/C=CC=C[C@@H]2C)C(C)(C)C(/C=C/C2=C(C)C(=C/C=C3/N(CCC(=O)O)c4ccc5ccccc5c4C3(C)C)/CC2)=[N+]1CCC(=O)O. The summed E-state index contributed by atoms with van der Waals surface area (Å²) in [6.07, 6.45) is 21.6. The number of carbonyl (C=O) groups is 2. The zero-order chi connectivity index (χ0) is 36.7. The predicted molar refractivity (Wildman–Crippen MR) is 208 cm³/mol. The van der Waals surface area contributed by atoms with Gasteiger partial charge in [0.2, 0.25) is 5.70 Å². The van der Waals surface area contributed by atoms with Gasteiger partial charge < -0.3 is 15.1 Å². The molecule has 4 aliphatic rings. The van der Waals surface area contributed by atoms with Crippen LogP contribution in [0, 0.1) is 11.3 Å². The van der Waals surface area contributed by atoms with Crippen LogP contribution in [0.3, 0.4) is 0 Å². The Hall–Kier alpha value is -4.97. The van der Waals surface area contributed by atoms with Gasteiger partial charge in [-0.15, -0.1) is 0 Å². The van der Waals surface area contributed by atoms with Crippen molar-refractivity contribution in [2.75, 3.05) is 18.0 Å².